The molecule has 0 radical (unpaired) electrons. The quantitative estimate of drug-likeness (QED) is 0.420. The summed E-state index contributed by atoms with van der Waals surface area (Å²) in [6.07, 6.45) is -2.57. The third-order valence-corrected chi connectivity index (χ3v) is 5.62. The molecular weight excluding hydrogens is 451 g/mol. The predicted molar refractivity (Wildman–Crippen MR) is 119 cm³/mol. The Labute approximate surface area is 195 Å². The molecule has 0 amide bonds. The van der Waals surface area contributed by atoms with Crippen molar-refractivity contribution in [3.8, 4) is 22.6 Å². The number of fused-ring (bicyclic) bond motifs is 1. The summed E-state index contributed by atoms with van der Waals surface area (Å²) in [4.78, 5) is 14.6. The third kappa shape index (κ3) is 5.05. The number of ether oxygens (including phenoxy) is 4. The molecular formula is C25H26F3NO5. The first kappa shape index (κ1) is 24.1. The molecule has 34 heavy (non-hydrogen) atoms. The summed E-state index contributed by atoms with van der Waals surface area (Å²) in [5.74, 6) is -0.258. The van der Waals surface area contributed by atoms with E-state index in [1.807, 2.05) is 13.8 Å². The average molecular weight is 477 g/mol. The number of carbonyl (C=O) groups excluding carboxylic acids is 1. The molecule has 0 spiro atoms. The summed E-state index contributed by atoms with van der Waals surface area (Å²) in [5, 5.41) is 0. The monoisotopic (exact) mass is 477 g/mol. The van der Waals surface area contributed by atoms with E-state index in [0.717, 1.165) is 5.56 Å². The van der Waals surface area contributed by atoms with Gasteiger partial charge in [-0.1, -0.05) is 19.9 Å². The smallest absolute Gasteiger partial charge is 0.492 e. The van der Waals surface area contributed by atoms with Gasteiger partial charge in [-0.25, -0.2) is 0 Å². The summed E-state index contributed by atoms with van der Waals surface area (Å²) < 4.78 is 61.1. The average Bonchev–Trinajstić information content (AvgIpc) is 3.39. The molecule has 2 aliphatic rings. The van der Waals surface area contributed by atoms with Gasteiger partial charge in [-0.05, 0) is 24.3 Å². The number of halogens is 3. The molecule has 0 saturated carbocycles. The zero-order valence-corrected chi connectivity index (χ0v) is 19.4. The van der Waals surface area contributed by atoms with Gasteiger partial charge in [-0.15, -0.1) is 13.2 Å². The first-order valence-electron chi connectivity index (χ1n) is 10.8. The Hall–Kier alpha value is -3.04. The van der Waals surface area contributed by atoms with Gasteiger partial charge in [0, 0.05) is 59.6 Å². The van der Waals surface area contributed by atoms with E-state index in [4.69, 9.17) is 14.2 Å². The van der Waals surface area contributed by atoms with E-state index >= 15 is 0 Å². The molecule has 1 fully saturated rings. The number of benzene rings is 2. The molecule has 2 aromatic carbocycles. The molecule has 1 saturated heterocycles. The third-order valence-electron chi connectivity index (χ3n) is 5.62. The van der Waals surface area contributed by atoms with Gasteiger partial charge in [-0.2, -0.15) is 0 Å². The molecule has 4 rings (SSSR count). The maximum Gasteiger partial charge on any atom is 0.573 e. The van der Waals surface area contributed by atoms with Gasteiger partial charge < -0.3 is 23.8 Å². The number of ketones is 1. The normalized spacial score (nSPS) is 17.6. The second-order valence-electron chi connectivity index (χ2n) is 9.09. The van der Waals surface area contributed by atoms with E-state index in [-0.39, 0.29) is 11.3 Å². The van der Waals surface area contributed by atoms with Crippen molar-refractivity contribution in [2.45, 2.75) is 31.9 Å². The van der Waals surface area contributed by atoms with Crippen molar-refractivity contribution in [1.82, 2.24) is 4.90 Å². The molecule has 2 aromatic rings. The lowest BCUT2D eigenvalue weighted by Crippen LogP contribution is -2.18. The lowest BCUT2D eigenvalue weighted by molar-refractivity contribution is -0.274. The fourth-order valence-electron chi connectivity index (χ4n) is 3.94. The van der Waals surface area contributed by atoms with E-state index in [2.05, 4.69) is 4.74 Å². The Morgan fingerprint density at radius 2 is 1.82 bits per heavy atom. The lowest BCUT2D eigenvalue weighted by atomic mass is 9.83. The number of alkyl halides is 3. The van der Waals surface area contributed by atoms with Crippen LogP contribution < -0.4 is 9.47 Å². The maximum atomic E-state index is 13.2. The van der Waals surface area contributed by atoms with Crippen LogP contribution in [-0.2, 0) is 14.9 Å². The van der Waals surface area contributed by atoms with Crippen LogP contribution in [0.25, 0.3) is 11.1 Å². The minimum Gasteiger partial charge on any atom is -0.492 e. The van der Waals surface area contributed by atoms with Crippen LogP contribution in [0.4, 0.5) is 13.2 Å². The molecule has 0 bridgehead atoms. The second-order valence-corrected chi connectivity index (χ2v) is 9.09. The molecule has 0 N–H and O–H groups in total. The highest BCUT2D eigenvalue weighted by atomic mass is 19.4. The van der Waals surface area contributed by atoms with Crippen molar-refractivity contribution in [2.24, 2.45) is 0 Å². The van der Waals surface area contributed by atoms with Crippen molar-refractivity contribution in [3.05, 3.63) is 59.3 Å². The molecule has 2 aliphatic heterocycles. The number of hydrogen-bond donors (Lipinski definition) is 0. The summed E-state index contributed by atoms with van der Waals surface area (Å²) in [6, 6.07) is 7.52. The van der Waals surface area contributed by atoms with Gasteiger partial charge in [0.1, 0.15) is 11.5 Å². The van der Waals surface area contributed by atoms with Crippen LogP contribution in [0.1, 0.15) is 41.6 Å². The van der Waals surface area contributed by atoms with Crippen LogP contribution in [0, 0.1) is 0 Å². The predicted octanol–water partition coefficient (Wildman–Crippen LogP) is 5.23. The van der Waals surface area contributed by atoms with Crippen molar-refractivity contribution in [1.29, 1.82) is 0 Å². The molecule has 2 heterocycles. The van der Waals surface area contributed by atoms with E-state index in [1.54, 1.807) is 37.3 Å². The first-order valence-corrected chi connectivity index (χ1v) is 10.8. The number of rotatable bonds is 6. The highest BCUT2D eigenvalue weighted by Gasteiger charge is 2.37. The number of hydrogen-bond acceptors (Lipinski definition) is 6. The topological polar surface area (TPSA) is 57.2 Å². The van der Waals surface area contributed by atoms with Gasteiger partial charge in [0.05, 0.1) is 19.8 Å². The molecule has 9 heteroatoms. The van der Waals surface area contributed by atoms with Crippen molar-refractivity contribution >= 4 is 5.78 Å². The van der Waals surface area contributed by atoms with Crippen molar-refractivity contribution in [2.75, 3.05) is 33.9 Å². The lowest BCUT2D eigenvalue weighted by Gasteiger charge is -2.20. The van der Waals surface area contributed by atoms with Gasteiger partial charge in [0.25, 0.3) is 0 Å². The number of nitrogens with zero attached hydrogens (tertiary/aromatic N) is 1. The summed E-state index contributed by atoms with van der Waals surface area (Å²) in [5.41, 5.74) is 1.65. The SMILES string of the molecule is CN(C)C=CC(=O)c1cc(-c2cc(C3OCCO3)ccc2OC(F)(F)F)c2c(c1)C(C)(C)CO2. The molecule has 0 aliphatic carbocycles. The van der Waals surface area contributed by atoms with Crippen molar-refractivity contribution in [3.63, 3.8) is 0 Å². The minimum atomic E-state index is -4.90. The standard InChI is InChI=1S/C25H26F3NO5/c1-24(2)14-33-22-18(12-16(13-19(22)24)20(30)7-8-29(3)4)17-11-15(23-31-9-10-32-23)5-6-21(17)34-25(26,27)28/h5-8,11-13,23H,9-10,14H2,1-4H3. The molecule has 0 aromatic heterocycles. The van der Waals surface area contributed by atoms with Crippen molar-refractivity contribution < 1.29 is 36.9 Å². The Kier molecular flexibility index (Phi) is 6.35. The second kappa shape index (κ2) is 8.96. The minimum absolute atomic E-state index is 0.133. The van der Waals surface area contributed by atoms with Crippen LogP contribution in [0.2, 0.25) is 0 Å². The van der Waals surface area contributed by atoms with E-state index in [9.17, 15) is 18.0 Å². The van der Waals surface area contributed by atoms with Crippen LogP contribution >= 0.6 is 0 Å². The Balaban J connectivity index is 1.91. The summed E-state index contributed by atoms with van der Waals surface area (Å²) in [7, 11) is 3.57. The van der Waals surface area contributed by atoms with Gasteiger partial charge >= 0.3 is 6.36 Å². The van der Waals surface area contributed by atoms with Gasteiger partial charge in [-0.3, -0.25) is 4.79 Å². The first-order chi connectivity index (χ1) is 15.9. The van der Waals surface area contributed by atoms with Crippen LogP contribution in [0.3, 0.4) is 0 Å². The fraction of sp³-hybridized carbons (Fsp3) is 0.400. The molecule has 182 valence electrons. The van der Waals surface area contributed by atoms with Crippen LogP contribution in [-0.4, -0.2) is 51.0 Å². The number of allylic oxidation sites excluding steroid dienone is 1. The Morgan fingerprint density at radius 3 is 2.47 bits per heavy atom. The van der Waals surface area contributed by atoms with Gasteiger partial charge in [0.15, 0.2) is 12.1 Å². The van der Waals surface area contributed by atoms with E-state index in [1.165, 1.54) is 24.3 Å². The molecule has 0 atom stereocenters. The summed E-state index contributed by atoms with van der Waals surface area (Å²) >= 11 is 0. The van der Waals surface area contributed by atoms with E-state index < -0.39 is 23.8 Å². The van der Waals surface area contributed by atoms with Crippen LogP contribution in [0.5, 0.6) is 11.5 Å². The Bertz CT molecular complexity index is 1120. The Morgan fingerprint density at radius 1 is 1.12 bits per heavy atom. The van der Waals surface area contributed by atoms with Gasteiger partial charge in [0.2, 0.25) is 0 Å². The largest absolute Gasteiger partial charge is 0.573 e. The zero-order valence-electron chi connectivity index (χ0n) is 19.4. The van der Waals surface area contributed by atoms with E-state index in [0.29, 0.717) is 42.3 Å². The zero-order chi connectivity index (χ0) is 24.7. The molecule has 0 unspecified atom stereocenters. The highest BCUT2D eigenvalue weighted by Crippen LogP contribution is 2.48. The van der Waals surface area contributed by atoms with Crippen LogP contribution in [0.15, 0.2) is 42.6 Å². The fourth-order valence-corrected chi connectivity index (χ4v) is 3.94. The maximum absolute atomic E-state index is 13.2. The number of carbonyl (C=O) groups is 1. The summed E-state index contributed by atoms with van der Waals surface area (Å²) in [6.45, 7) is 5.00. The molecule has 6 nitrogen and oxygen atoms in total. The highest BCUT2D eigenvalue weighted by molar-refractivity contribution is 6.06.